The Morgan fingerprint density at radius 1 is 1.06 bits per heavy atom. The number of amides is 4. The van der Waals surface area contributed by atoms with E-state index in [1.165, 1.54) is 6.92 Å². The van der Waals surface area contributed by atoms with Gasteiger partial charge in [-0.3, -0.25) is 14.4 Å². The summed E-state index contributed by atoms with van der Waals surface area (Å²) in [5.41, 5.74) is 2.96. The van der Waals surface area contributed by atoms with Crippen molar-refractivity contribution in [3.05, 3.63) is 56.5 Å². The van der Waals surface area contributed by atoms with Crippen LogP contribution in [0.3, 0.4) is 0 Å². The number of halogens is 2. The van der Waals surface area contributed by atoms with Gasteiger partial charge in [-0.15, -0.1) is 0 Å². The van der Waals surface area contributed by atoms with Crippen LogP contribution in [-0.4, -0.2) is 52.6 Å². The average Bonchev–Trinajstić information content (AvgIpc) is 2.84. The van der Waals surface area contributed by atoms with Crippen LogP contribution in [0.1, 0.15) is 48.5 Å². The van der Waals surface area contributed by atoms with E-state index in [4.69, 9.17) is 0 Å². The lowest BCUT2D eigenvalue weighted by molar-refractivity contribution is -0.132. The van der Waals surface area contributed by atoms with E-state index in [-0.39, 0.29) is 42.5 Å². The number of urea groups is 1. The Hall–Kier alpha value is -2.72. The van der Waals surface area contributed by atoms with E-state index in [1.807, 2.05) is 29.2 Å². The molecule has 2 aliphatic heterocycles. The lowest BCUT2D eigenvalue weighted by Gasteiger charge is -2.40. The molecule has 0 atom stereocenters. The number of fused-ring (bicyclic) bond motifs is 1. The SMILES string of the molecule is CC(=O)Nc1c(Br)cc(C(=O)CCC(=O)N2CCC(N3Cc4ccccc4NC3=O)CC2)cc1Br. The Bertz CT molecular complexity index is 1150. The third kappa shape index (κ3) is 5.92. The third-order valence-electron chi connectivity index (χ3n) is 6.35. The zero-order chi connectivity index (χ0) is 25.1. The second-order valence-electron chi connectivity index (χ2n) is 8.75. The van der Waals surface area contributed by atoms with E-state index in [0.29, 0.717) is 52.7 Å². The minimum Gasteiger partial charge on any atom is -0.343 e. The smallest absolute Gasteiger partial charge is 0.322 e. The molecule has 0 aliphatic carbocycles. The van der Waals surface area contributed by atoms with Gasteiger partial charge in [0.1, 0.15) is 0 Å². The largest absolute Gasteiger partial charge is 0.343 e. The van der Waals surface area contributed by atoms with Gasteiger partial charge in [-0.1, -0.05) is 18.2 Å². The van der Waals surface area contributed by atoms with E-state index < -0.39 is 0 Å². The number of carbonyl (C=O) groups excluding carboxylic acids is 4. The Morgan fingerprint density at radius 3 is 2.37 bits per heavy atom. The first kappa shape index (κ1) is 25.4. The van der Waals surface area contributed by atoms with E-state index in [1.54, 1.807) is 17.0 Å². The van der Waals surface area contributed by atoms with Crippen molar-refractivity contribution in [2.24, 2.45) is 0 Å². The zero-order valence-electron chi connectivity index (χ0n) is 19.3. The fraction of sp³-hybridized carbons (Fsp3) is 0.360. The Labute approximate surface area is 220 Å². The van der Waals surface area contributed by atoms with Crippen molar-refractivity contribution in [3.63, 3.8) is 0 Å². The summed E-state index contributed by atoms with van der Waals surface area (Å²) in [5, 5.41) is 5.65. The van der Waals surface area contributed by atoms with Gasteiger partial charge in [0.15, 0.2) is 5.78 Å². The molecule has 2 aromatic carbocycles. The molecule has 0 unspecified atom stereocenters. The van der Waals surface area contributed by atoms with Gasteiger partial charge < -0.3 is 20.4 Å². The molecule has 0 aromatic heterocycles. The lowest BCUT2D eigenvalue weighted by Crippen LogP contribution is -2.51. The van der Waals surface area contributed by atoms with Crippen LogP contribution in [0.25, 0.3) is 0 Å². The summed E-state index contributed by atoms with van der Waals surface area (Å²) >= 11 is 6.77. The molecule has 2 heterocycles. The van der Waals surface area contributed by atoms with Crippen LogP contribution in [0.2, 0.25) is 0 Å². The summed E-state index contributed by atoms with van der Waals surface area (Å²) in [7, 11) is 0. The number of hydrogen-bond donors (Lipinski definition) is 2. The van der Waals surface area contributed by atoms with Crippen molar-refractivity contribution >= 4 is 66.9 Å². The molecule has 0 radical (unpaired) electrons. The van der Waals surface area contributed by atoms with Crippen LogP contribution < -0.4 is 10.6 Å². The average molecular weight is 606 g/mol. The van der Waals surface area contributed by atoms with Crippen LogP contribution in [0.15, 0.2) is 45.3 Å². The van der Waals surface area contributed by atoms with Crippen LogP contribution in [0.4, 0.5) is 16.2 Å². The number of piperidine rings is 1. The highest BCUT2D eigenvalue weighted by atomic mass is 79.9. The maximum atomic E-state index is 12.8. The summed E-state index contributed by atoms with van der Waals surface area (Å²) in [6.45, 7) is 3.10. The maximum absolute atomic E-state index is 12.8. The van der Waals surface area contributed by atoms with E-state index in [0.717, 1.165) is 11.3 Å². The molecule has 2 aromatic rings. The van der Waals surface area contributed by atoms with Crippen molar-refractivity contribution in [2.75, 3.05) is 23.7 Å². The Morgan fingerprint density at radius 2 is 1.71 bits per heavy atom. The first-order valence-electron chi connectivity index (χ1n) is 11.5. The predicted octanol–water partition coefficient (Wildman–Crippen LogP) is 5.17. The number of nitrogens with zero attached hydrogens (tertiary/aromatic N) is 2. The molecule has 2 aliphatic rings. The maximum Gasteiger partial charge on any atom is 0.322 e. The van der Waals surface area contributed by atoms with Crippen LogP contribution in [0.5, 0.6) is 0 Å². The molecule has 4 amide bonds. The molecule has 2 N–H and O–H groups in total. The molecule has 1 fully saturated rings. The summed E-state index contributed by atoms with van der Waals surface area (Å²) in [6, 6.07) is 11.1. The van der Waals surface area contributed by atoms with Gasteiger partial charge in [-0.2, -0.15) is 0 Å². The number of Topliss-reactive ketones (excluding diaryl/α,β-unsaturated/α-hetero) is 1. The van der Waals surface area contributed by atoms with Crippen molar-refractivity contribution in [2.45, 2.75) is 45.2 Å². The second-order valence-corrected chi connectivity index (χ2v) is 10.5. The topological polar surface area (TPSA) is 98.8 Å². The van der Waals surface area contributed by atoms with E-state index in [2.05, 4.69) is 42.5 Å². The second kappa shape index (κ2) is 10.9. The van der Waals surface area contributed by atoms with Gasteiger partial charge in [-0.05, 0) is 68.5 Å². The van der Waals surface area contributed by atoms with Crippen molar-refractivity contribution in [3.8, 4) is 0 Å². The number of likely N-dealkylation sites (tertiary alicyclic amines) is 1. The first-order valence-corrected chi connectivity index (χ1v) is 13.0. The van der Waals surface area contributed by atoms with Gasteiger partial charge in [0, 0.05) is 65.6 Å². The zero-order valence-corrected chi connectivity index (χ0v) is 22.4. The molecule has 4 rings (SSSR count). The number of nitrogens with one attached hydrogen (secondary N) is 2. The molecule has 1 saturated heterocycles. The number of benzene rings is 2. The van der Waals surface area contributed by atoms with Gasteiger partial charge in [-0.25, -0.2) is 4.79 Å². The van der Waals surface area contributed by atoms with E-state index >= 15 is 0 Å². The van der Waals surface area contributed by atoms with Gasteiger partial charge >= 0.3 is 6.03 Å². The summed E-state index contributed by atoms with van der Waals surface area (Å²) in [4.78, 5) is 53.1. The number of hydrogen-bond acceptors (Lipinski definition) is 4. The van der Waals surface area contributed by atoms with Gasteiger partial charge in [0.2, 0.25) is 11.8 Å². The molecule has 0 spiro atoms. The fourth-order valence-electron chi connectivity index (χ4n) is 4.50. The standard InChI is InChI=1S/C25H26Br2N4O4/c1-15(32)28-24-19(26)12-17(13-20(24)27)22(33)6-7-23(34)30-10-8-18(9-11-30)31-14-16-4-2-3-5-21(16)29-25(31)35/h2-5,12-13,18H,6-11,14H2,1H3,(H,28,32)(H,29,35). The lowest BCUT2D eigenvalue weighted by atomic mass is 10.00. The first-order chi connectivity index (χ1) is 16.7. The fourth-order valence-corrected chi connectivity index (χ4v) is 5.88. The molecule has 184 valence electrons. The quantitative estimate of drug-likeness (QED) is 0.444. The van der Waals surface area contributed by atoms with Crippen LogP contribution in [0, 0.1) is 0 Å². The van der Waals surface area contributed by atoms with Gasteiger partial charge in [0.05, 0.1) is 5.69 Å². The molecule has 0 saturated carbocycles. The monoisotopic (exact) mass is 604 g/mol. The molecule has 35 heavy (non-hydrogen) atoms. The predicted molar refractivity (Wildman–Crippen MR) is 140 cm³/mol. The highest BCUT2D eigenvalue weighted by Gasteiger charge is 2.32. The number of para-hydroxylation sites is 1. The third-order valence-corrected chi connectivity index (χ3v) is 7.60. The minimum atomic E-state index is -0.217. The van der Waals surface area contributed by atoms with Crippen molar-refractivity contribution in [1.29, 1.82) is 0 Å². The molecule has 0 bridgehead atoms. The molecular weight excluding hydrogens is 580 g/mol. The van der Waals surface area contributed by atoms with Crippen LogP contribution >= 0.6 is 31.9 Å². The van der Waals surface area contributed by atoms with Gasteiger partial charge in [0.25, 0.3) is 0 Å². The minimum absolute atomic E-state index is 0.0572. The molecule has 8 nitrogen and oxygen atoms in total. The summed E-state index contributed by atoms with van der Waals surface area (Å²) in [5.74, 6) is -0.420. The normalized spacial score (nSPS) is 15.9. The van der Waals surface area contributed by atoms with Crippen molar-refractivity contribution in [1.82, 2.24) is 9.80 Å². The highest BCUT2D eigenvalue weighted by molar-refractivity contribution is 9.11. The summed E-state index contributed by atoms with van der Waals surface area (Å²) < 4.78 is 1.17. The Kier molecular flexibility index (Phi) is 7.91. The number of carbonyl (C=O) groups is 4. The summed E-state index contributed by atoms with van der Waals surface area (Å²) in [6.07, 6.45) is 1.64. The number of ketones is 1. The highest BCUT2D eigenvalue weighted by Crippen LogP contribution is 2.33. The molecule has 10 heteroatoms. The number of anilines is 2. The number of rotatable bonds is 6. The van der Waals surface area contributed by atoms with Crippen molar-refractivity contribution < 1.29 is 19.2 Å². The van der Waals surface area contributed by atoms with E-state index in [9.17, 15) is 19.2 Å². The van der Waals surface area contributed by atoms with Crippen LogP contribution in [-0.2, 0) is 16.1 Å². The molecular formula is C25H26Br2N4O4. The Balaban J connectivity index is 1.28.